The van der Waals surface area contributed by atoms with Crippen LogP contribution in [0.2, 0.25) is 0 Å². The van der Waals surface area contributed by atoms with Gasteiger partial charge >= 0.3 is 0 Å². The topological polar surface area (TPSA) is 66.4 Å². The summed E-state index contributed by atoms with van der Waals surface area (Å²) in [5, 5.41) is 2.96. The monoisotopic (exact) mass is 275 g/mol. The maximum Gasteiger partial charge on any atom is 0.267 e. The van der Waals surface area contributed by atoms with E-state index < -0.39 is 22.0 Å². The Kier molecular flexibility index (Phi) is 5.71. The van der Waals surface area contributed by atoms with Gasteiger partial charge in [-0.1, -0.05) is 37.3 Å². The molecule has 0 aliphatic rings. The van der Waals surface area contributed by atoms with Gasteiger partial charge in [0.1, 0.15) is 11.9 Å². The van der Waals surface area contributed by atoms with E-state index >= 15 is 0 Å². The first-order valence-electron chi connectivity index (χ1n) is 5.80. The van der Waals surface area contributed by atoms with E-state index in [9.17, 15) is 12.8 Å². The van der Waals surface area contributed by atoms with Crippen molar-refractivity contribution in [2.24, 2.45) is 0 Å². The van der Waals surface area contributed by atoms with Crippen LogP contribution in [0.5, 0.6) is 0 Å². The van der Waals surface area contributed by atoms with Gasteiger partial charge in [-0.05, 0) is 12.0 Å². The number of halogens is 1. The zero-order valence-electron chi connectivity index (χ0n) is 10.2. The summed E-state index contributed by atoms with van der Waals surface area (Å²) in [4.78, 5) is 0. The summed E-state index contributed by atoms with van der Waals surface area (Å²) in [6, 6.07) is 9.52. The van der Waals surface area contributed by atoms with Gasteiger partial charge in [0, 0.05) is 12.6 Å². The number of nitrogens with one attached hydrogen (secondary N) is 1. The minimum Gasteiger partial charge on any atom is -0.307 e. The van der Waals surface area contributed by atoms with E-state index in [2.05, 4.69) is 5.32 Å². The SMILES string of the molecule is CC[C@@H](NC[C@@H](F)CS(=O)(=O)O)c1ccccc1. The molecule has 0 aliphatic heterocycles. The van der Waals surface area contributed by atoms with Crippen LogP contribution in [0.1, 0.15) is 24.9 Å². The van der Waals surface area contributed by atoms with Gasteiger partial charge in [0.25, 0.3) is 10.1 Å². The van der Waals surface area contributed by atoms with Crippen LogP contribution in [0.3, 0.4) is 0 Å². The quantitative estimate of drug-likeness (QED) is 0.746. The molecule has 0 aromatic heterocycles. The van der Waals surface area contributed by atoms with E-state index in [1.54, 1.807) is 0 Å². The fraction of sp³-hybridized carbons (Fsp3) is 0.500. The number of hydrogen-bond acceptors (Lipinski definition) is 3. The minimum atomic E-state index is -4.26. The molecule has 0 fully saturated rings. The van der Waals surface area contributed by atoms with E-state index in [0.717, 1.165) is 12.0 Å². The maximum atomic E-state index is 13.3. The van der Waals surface area contributed by atoms with Crippen molar-refractivity contribution in [3.05, 3.63) is 35.9 Å². The summed E-state index contributed by atoms with van der Waals surface area (Å²) in [6.45, 7) is 1.86. The van der Waals surface area contributed by atoms with Crippen molar-refractivity contribution < 1.29 is 17.4 Å². The van der Waals surface area contributed by atoms with Gasteiger partial charge in [-0.3, -0.25) is 4.55 Å². The van der Waals surface area contributed by atoms with Crippen molar-refractivity contribution in [3.63, 3.8) is 0 Å². The summed E-state index contributed by atoms with van der Waals surface area (Å²) < 4.78 is 42.9. The third-order valence-electron chi connectivity index (χ3n) is 2.59. The predicted octanol–water partition coefficient (Wildman–Crippen LogP) is 1.95. The van der Waals surface area contributed by atoms with E-state index in [-0.39, 0.29) is 12.6 Å². The Morgan fingerprint density at radius 1 is 1.33 bits per heavy atom. The zero-order valence-corrected chi connectivity index (χ0v) is 11.0. The van der Waals surface area contributed by atoms with E-state index in [1.807, 2.05) is 37.3 Å². The molecule has 0 aliphatic carbocycles. The second kappa shape index (κ2) is 6.82. The number of rotatable bonds is 7. The number of alkyl halides is 1. The van der Waals surface area contributed by atoms with Gasteiger partial charge in [-0.2, -0.15) is 8.42 Å². The molecule has 2 N–H and O–H groups in total. The van der Waals surface area contributed by atoms with Crippen molar-refractivity contribution in [1.29, 1.82) is 0 Å². The average Bonchev–Trinajstić information content (AvgIpc) is 2.29. The van der Waals surface area contributed by atoms with Gasteiger partial charge in [-0.25, -0.2) is 4.39 Å². The first kappa shape index (κ1) is 15.1. The predicted molar refractivity (Wildman–Crippen MR) is 68.8 cm³/mol. The molecular formula is C12H18FNO3S. The van der Waals surface area contributed by atoms with Gasteiger partial charge in [-0.15, -0.1) is 0 Å². The molecule has 2 atom stereocenters. The molecule has 0 saturated heterocycles. The summed E-state index contributed by atoms with van der Waals surface area (Å²) in [5.41, 5.74) is 1.03. The van der Waals surface area contributed by atoms with Crippen molar-refractivity contribution in [1.82, 2.24) is 5.32 Å². The molecule has 0 amide bonds. The standard InChI is InChI=1S/C12H18FNO3S/c1-2-12(10-6-4-3-5-7-10)14-8-11(13)9-18(15,16)17/h3-7,11-12,14H,2,8-9H2,1H3,(H,15,16,17)/t11-,12-/m1/s1. The lowest BCUT2D eigenvalue weighted by atomic mass is 10.0. The Bertz CT molecular complexity index is 450. The summed E-state index contributed by atoms with van der Waals surface area (Å²) >= 11 is 0. The van der Waals surface area contributed by atoms with E-state index in [0.29, 0.717) is 0 Å². The molecule has 4 nitrogen and oxygen atoms in total. The molecular weight excluding hydrogens is 257 g/mol. The van der Waals surface area contributed by atoms with Crippen molar-refractivity contribution in [2.45, 2.75) is 25.6 Å². The second-order valence-electron chi connectivity index (χ2n) is 4.13. The maximum absolute atomic E-state index is 13.3. The number of benzene rings is 1. The highest BCUT2D eigenvalue weighted by molar-refractivity contribution is 7.85. The second-order valence-corrected chi connectivity index (χ2v) is 5.62. The van der Waals surface area contributed by atoms with Crippen LogP contribution < -0.4 is 5.32 Å². The van der Waals surface area contributed by atoms with Crippen LogP contribution in [0.25, 0.3) is 0 Å². The Hall–Kier alpha value is -0.980. The summed E-state index contributed by atoms with van der Waals surface area (Å²) in [6.07, 6.45) is -0.847. The first-order chi connectivity index (χ1) is 8.42. The van der Waals surface area contributed by atoms with Gasteiger partial charge < -0.3 is 5.32 Å². The third-order valence-corrected chi connectivity index (χ3v) is 3.37. The zero-order chi connectivity index (χ0) is 13.6. The molecule has 0 heterocycles. The van der Waals surface area contributed by atoms with Gasteiger partial charge in [0.05, 0.1) is 0 Å². The molecule has 1 aromatic rings. The molecule has 0 radical (unpaired) electrons. The van der Waals surface area contributed by atoms with Gasteiger partial charge in [0.15, 0.2) is 0 Å². The lowest BCUT2D eigenvalue weighted by Gasteiger charge is -2.18. The lowest BCUT2D eigenvalue weighted by Crippen LogP contribution is -2.32. The molecule has 1 rings (SSSR count). The van der Waals surface area contributed by atoms with Crippen LogP contribution in [-0.4, -0.2) is 31.4 Å². The molecule has 1 aromatic carbocycles. The Morgan fingerprint density at radius 3 is 2.44 bits per heavy atom. The molecule has 0 saturated carbocycles. The van der Waals surface area contributed by atoms with Crippen LogP contribution in [0, 0.1) is 0 Å². The fourth-order valence-electron chi connectivity index (χ4n) is 1.74. The average molecular weight is 275 g/mol. The highest BCUT2D eigenvalue weighted by Crippen LogP contribution is 2.15. The van der Waals surface area contributed by atoms with Crippen LogP contribution in [0.15, 0.2) is 30.3 Å². The Balaban J connectivity index is 2.51. The highest BCUT2D eigenvalue weighted by Gasteiger charge is 2.17. The molecule has 0 unspecified atom stereocenters. The van der Waals surface area contributed by atoms with Crippen molar-refractivity contribution >= 4 is 10.1 Å². The highest BCUT2D eigenvalue weighted by atomic mass is 32.2. The summed E-state index contributed by atoms with van der Waals surface area (Å²) in [5.74, 6) is -0.870. The Labute approximate surface area is 107 Å². The molecule has 6 heteroatoms. The Morgan fingerprint density at radius 2 is 1.94 bits per heavy atom. The third kappa shape index (κ3) is 5.57. The van der Waals surface area contributed by atoms with Crippen LogP contribution in [0.4, 0.5) is 4.39 Å². The number of hydrogen-bond donors (Lipinski definition) is 2. The molecule has 18 heavy (non-hydrogen) atoms. The van der Waals surface area contributed by atoms with Crippen molar-refractivity contribution in [3.8, 4) is 0 Å². The van der Waals surface area contributed by atoms with Crippen LogP contribution in [-0.2, 0) is 10.1 Å². The normalized spacial score (nSPS) is 15.3. The smallest absolute Gasteiger partial charge is 0.267 e. The van der Waals surface area contributed by atoms with E-state index in [4.69, 9.17) is 4.55 Å². The fourth-order valence-corrected chi connectivity index (χ4v) is 2.32. The van der Waals surface area contributed by atoms with Gasteiger partial charge in [0.2, 0.25) is 0 Å². The van der Waals surface area contributed by atoms with Crippen molar-refractivity contribution in [2.75, 3.05) is 12.3 Å². The molecule has 0 bridgehead atoms. The summed E-state index contributed by atoms with van der Waals surface area (Å²) in [7, 11) is -4.26. The molecule has 0 spiro atoms. The minimum absolute atomic E-state index is 0.0224. The first-order valence-corrected chi connectivity index (χ1v) is 7.41. The van der Waals surface area contributed by atoms with Crippen LogP contribution >= 0.6 is 0 Å². The van der Waals surface area contributed by atoms with E-state index in [1.165, 1.54) is 0 Å². The molecule has 102 valence electrons. The lowest BCUT2D eigenvalue weighted by molar-refractivity contribution is 0.322. The largest absolute Gasteiger partial charge is 0.307 e.